The Labute approximate surface area is 127 Å². The minimum atomic E-state index is 0.172. The molecule has 1 aromatic rings. The van der Waals surface area contributed by atoms with Crippen molar-refractivity contribution in [3.8, 4) is 5.75 Å². The summed E-state index contributed by atoms with van der Waals surface area (Å²) in [5.41, 5.74) is 3.62. The molecule has 21 heavy (non-hydrogen) atoms. The topological polar surface area (TPSA) is 24.5 Å². The van der Waals surface area contributed by atoms with Gasteiger partial charge >= 0.3 is 0 Å². The maximum Gasteiger partial charge on any atom is 0.130 e. The summed E-state index contributed by atoms with van der Waals surface area (Å²) in [5, 5.41) is 3.30. The maximum absolute atomic E-state index is 5.97. The first kappa shape index (κ1) is 15.2. The first-order valence-electron chi connectivity index (χ1n) is 7.50. The lowest BCUT2D eigenvalue weighted by atomic mass is 10.1. The van der Waals surface area contributed by atoms with Gasteiger partial charge in [0, 0.05) is 24.2 Å². The van der Waals surface area contributed by atoms with E-state index in [0.717, 1.165) is 17.1 Å². The smallest absolute Gasteiger partial charge is 0.130 e. The number of allylic oxidation sites excluding steroid dienone is 2. The van der Waals surface area contributed by atoms with Gasteiger partial charge in [0.1, 0.15) is 17.7 Å². The van der Waals surface area contributed by atoms with Gasteiger partial charge in [0.05, 0.1) is 0 Å². The predicted octanol–water partition coefficient (Wildman–Crippen LogP) is 4.21. The van der Waals surface area contributed by atoms with E-state index in [9.17, 15) is 0 Å². The Kier molecular flexibility index (Phi) is 4.73. The van der Waals surface area contributed by atoms with Crippen LogP contribution in [0.2, 0.25) is 0 Å². The van der Waals surface area contributed by atoms with Gasteiger partial charge in [-0.15, -0.1) is 0 Å². The SMILES string of the molecule is CC.CC1=CNC2C=C(Oc3ccc(C)cc3C)C=CN12. The van der Waals surface area contributed by atoms with E-state index in [0.29, 0.717) is 0 Å². The number of nitrogens with one attached hydrogen (secondary N) is 1. The van der Waals surface area contributed by atoms with Crippen LogP contribution in [0.3, 0.4) is 0 Å². The molecule has 0 aliphatic carbocycles. The van der Waals surface area contributed by atoms with Crippen LogP contribution in [0.25, 0.3) is 0 Å². The van der Waals surface area contributed by atoms with Gasteiger partial charge in [0.25, 0.3) is 0 Å². The molecule has 0 saturated carbocycles. The molecule has 1 unspecified atom stereocenters. The Morgan fingerprint density at radius 2 is 1.90 bits per heavy atom. The van der Waals surface area contributed by atoms with E-state index in [2.05, 4.69) is 55.4 Å². The monoisotopic (exact) mass is 284 g/mol. The molecule has 1 N–H and O–H groups in total. The zero-order chi connectivity index (χ0) is 15.4. The molecular formula is C18H24N2O. The van der Waals surface area contributed by atoms with Crippen LogP contribution in [0.5, 0.6) is 5.75 Å². The van der Waals surface area contributed by atoms with Crippen LogP contribution in [0.15, 0.2) is 54.2 Å². The second kappa shape index (κ2) is 6.53. The average molecular weight is 284 g/mol. The number of hydrogen-bond acceptors (Lipinski definition) is 3. The van der Waals surface area contributed by atoms with E-state index in [1.165, 1.54) is 11.3 Å². The van der Waals surface area contributed by atoms with Gasteiger partial charge in [-0.2, -0.15) is 0 Å². The standard InChI is InChI=1S/C16H18N2O.C2H6/c1-11-4-5-15(12(2)8-11)19-14-6-7-18-13(3)10-17-16(18)9-14;1-2/h4-10,16-17H,1-3H3;1-2H3. The molecule has 2 aliphatic rings. The van der Waals surface area contributed by atoms with Crippen LogP contribution in [-0.2, 0) is 0 Å². The number of benzene rings is 1. The van der Waals surface area contributed by atoms with Gasteiger partial charge < -0.3 is 15.0 Å². The van der Waals surface area contributed by atoms with Gasteiger partial charge in [-0.3, -0.25) is 0 Å². The van der Waals surface area contributed by atoms with Crippen molar-refractivity contribution in [2.24, 2.45) is 0 Å². The average Bonchev–Trinajstić information content (AvgIpc) is 2.85. The summed E-state index contributed by atoms with van der Waals surface area (Å²) in [7, 11) is 0. The number of nitrogens with zero attached hydrogens (tertiary/aromatic N) is 1. The van der Waals surface area contributed by atoms with Crippen molar-refractivity contribution in [3.63, 3.8) is 0 Å². The highest BCUT2D eigenvalue weighted by Crippen LogP contribution is 2.25. The van der Waals surface area contributed by atoms with Crippen LogP contribution in [0.4, 0.5) is 0 Å². The normalized spacial score (nSPS) is 18.9. The van der Waals surface area contributed by atoms with Gasteiger partial charge in [-0.1, -0.05) is 31.5 Å². The highest BCUT2D eigenvalue weighted by Gasteiger charge is 2.22. The number of aryl methyl sites for hydroxylation is 2. The van der Waals surface area contributed by atoms with Crippen LogP contribution in [-0.4, -0.2) is 11.1 Å². The van der Waals surface area contributed by atoms with E-state index < -0.39 is 0 Å². The molecule has 2 aliphatic heterocycles. The molecule has 1 aromatic carbocycles. The fourth-order valence-electron chi connectivity index (χ4n) is 2.39. The van der Waals surface area contributed by atoms with Crippen LogP contribution < -0.4 is 10.1 Å². The molecular weight excluding hydrogens is 260 g/mol. The number of rotatable bonds is 2. The van der Waals surface area contributed by atoms with Crippen molar-refractivity contribution in [3.05, 3.63) is 65.3 Å². The van der Waals surface area contributed by atoms with E-state index in [1.54, 1.807) is 0 Å². The second-order valence-electron chi connectivity index (χ2n) is 5.06. The highest BCUT2D eigenvalue weighted by atomic mass is 16.5. The Bertz CT molecular complexity index is 599. The van der Waals surface area contributed by atoms with E-state index in [1.807, 2.05) is 32.2 Å². The maximum atomic E-state index is 5.97. The van der Waals surface area contributed by atoms with Crippen LogP contribution in [0, 0.1) is 13.8 Å². The summed E-state index contributed by atoms with van der Waals surface area (Å²) in [6, 6.07) is 6.23. The number of ether oxygens (including phenoxy) is 1. The highest BCUT2D eigenvalue weighted by molar-refractivity contribution is 5.38. The van der Waals surface area contributed by atoms with Gasteiger partial charge in [0.15, 0.2) is 0 Å². The van der Waals surface area contributed by atoms with Crippen molar-refractivity contribution >= 4 is 0 Å². The molecule has 112 valence electrons. The zero-order valence-electron chi connectivity index (χ0n) is 13.5. The lowest BCUT2D eigenvalue weighted by Gasteiger charge is -2.26. The van der Waals surface area contributed by atoms with Crippen molar-refractivity contribution in [1.29, 1.82) is 0 Å². The lowest BCUT2D eigenvalue weighted by Crippen LogP contribution is -2.33. The third-order valence-electron chi connectivity index (χ3n) is 3.45. The Morgan fingerprint density at radius 3 is 2.62 bits per heavy atom. The molecule has 0 spiro atoms. The Morgan fingerprint density at radius 1 is 1.14 bits per heavy atom. The molecule has 0 radical (unpaired) electrons. The quantitative estimate of drug-likeness (QED) is 0.880. The molecule has 2 heterocycles. The van der Waals surface area contributed by atoms with Crippen molar-refractivity contribution in [2.45, 2.75) is 40.8 Å². The summed E-state index contributed by atoms with van der Waals surface area (Å²) < 4.78 is 5.97. The Hall–Kier alpha value is -2.16. The summed E-state index contributed by atoms with van der Waals surface area (Å²) in [6.07, 6.45) is 8.33. The van der Waals surface area contributed by atoms with E-state index >= 15 is 0 Å². The van der Waals surface area contributed by atoms with Crippen molar-refractivity contribution in [2.75, 3.05) is 0 Å². The summed E-state index contributed by atoms with van der Waals surface area (Å²) >= 11 is 0. The molecule has 3 nitrogen and oxygen atoms in total. The molecule has 0 bridgehead atoms. The first-order chi connectivity index (χ1) is 10.1. The van der Waals surface area contributed by atoms with E-state index in [4.69, 9.17) is 4.74 Å². The largest absolute Gasteiger partial charge is 0.457 e. The molecule has 3 rings (SSSR count). The minimum Gasteiger partial charge on any atom is -0.457 e. The summed E-state index contributed by atoms with van der Waals surface area (Å²) in [4.78, 5) is 2.18. The predicted molar refractivity (Wildman–Crippen MR) is 87.6 cm³/mol. The fraction of sp³-hybridized carbons (Fsp3) is 0.333. The number of hydrogen-bond donors (Lipinski definition) is 1. The summed E-state index contributed by atoms with van der Waals surface area (Å²) in [5.74, 6) is 1.79. The molecule has 0 amide bonds. The molecule has 1 atom stereocenters. The number of fused-ring (bicyclic) bond motifs is 1. The second-order valence-corrected chi connectivity index (χ2v) is 5.06. The molecule has 0 saturated heterocycles. The molecule has 0 fully saturated rings. The third kappa shape index (κ3) is 3.30. The van der Waals surface area contributed by atoms with Crippen LogP contribution in [0.1, 0.15) is 31.9 Å². The summed E-state index contributed by atoms with van der Waals surface area (Å²) in [6.45, 7) is 10.2. The van der Waals surface area contributed by atoms with Crippen molar-refractivity contribution < 1.29 is 4.74 Å². The van der Waals surface area contributed by atoms with Crippen molar-refractivity contribution in [1.82, 2.24) is 10.2 Å². The van der Waals surface area contributed by atoms with Gasteiger partial charge in [-0.25, -0.2) is 0 Å². The third-order valence-corrected chi connectivity index (χ3v) is 3.45. The molecule has 0 aromatic heterocycles. The minimum absolute atomic E-state index is 0.172. The lowest BCUT2D eigenvalue weighted by molar-refractivity contribution is 0.364. The van der Waals surface area contributed by atoms with Gasteiger partial charge in [-0.05, 0) is 38.5 Å². The molecule has 3 heteroatoms. The van der Waals surface area contributed by atoms with Crippen LogP contribution >= 0.6 is 0 Å². The Balaban J connectivity index is 0.000000774. The van der Waals surface area contributed by atoms with E-state index in [-0.39, 0.29) is 6.17 Å². The first-order valence-corrected chi connectivity index (χ1v) is 7.50. The van der Waals surface area contributed by atoms with Gasteiger partial charge in [0.2, 0.25) is 0 Å². The zero-order valence-corrected chi connectivity index (χ0v) is 13.5. The fourth-order valence-corrected chi connectivity index (χ4v) is 2.39.